The number of benzene rings is 1. The highest BCUT2D eigenvalue weighted by molar-refractivity contribution is 5.98. The van der Waals surface area contributed by atoms with Gasteiger partial charge in [-0.1, -0.05) is 37.3 Å². The van der Waals surface area contributed by atoms with E-state index in [4.69, 9.17) is 0 Å². The van der Waals surface area contributed by atoms with Crippen molar-refractivity contribution in [1.82, 2.24) is 4.57 Å². The van der Waals surface area contributed by atoms with E-state index in [1.807, 2.05) is 0 Å². The van der Waals surface area contributed by atoms with E-state index in [0.717, 1.165) is 24.9 Å². The molecule has 2 nitrogen and oxygen atoms in total. The first kappa shape index (κ1) is 13.2. The molecule has 1 aliphatic rings. The lowest BCUT2D eigenvalue weighted by Crippen LogP contribution is -2.16. The van der Waals surface area contributed by atoms with Crippen LogP contribution >= 0.6 is 0 Å². The Morgan fingerprint density at radius 2 is 1.95 bits per heavy atom. The maximum atomic E-state index is 12.0. The van der Waals surface area contributed by atoms with Gasteiger partial charge in [-0.25, -0.2) is 0 Å². The second kappa shape index (κ2) is 5.28. The van der Waals surface area contributed by atoms with Gasteiger partial charge in [0, 0.05) is 29.9 Å². The van der Waals surface area contributed by atoms with E-state index in [-0.39, 0.29) is 0 Å². The molecule has 1 unspecified atom stereocenters. The van der Waals surface area contributed by atoms with E-state index in [9.17, 15) is 4.79 Å². The first-order valence-corrected chi connectivity index (χ1v) is 7.44. The van der Waals surface area contributed by atoms with Gasteiger partial charge in [-0.3, -0.25) is 4.79 Å². The topological polar surface area (TPSA) is 22.0 Å². The van der Waals surface area contributed by atoms with Crippen molar-refractivity contribution in [3.63, 3.8) is 0 Å². The third-order valence-corrected chi connectivity index (χ3v) is 4.36. The molecule has 0 spiro atoms. The predicted molar refractivity (Wildman–Crippen MR) is 81.3 cm³/mol. The molecule has 1 aromatic heterocycles. The molecule has 1 heterocycles. The number of nitrogens with zero attached hydrogens (tertiary/aromatic N) is 1. The molecule has 0 bridgehead atoms. The van der Waals surface area contributed by atoms with Crippen LogP contribution in [0.15, 0.2) is 36.4 Å². The SMILES string of the molecule is Cc1cc2c(n1CC(C)c1ccccc1)CCCC2=O. The van der Waals surface area contributed by atoms with Crippen LogP contribution in [0.4, 0.5) is 0 Å². The maximum absolute atomic E-state index is 12.0. The third kappa shape index (κ3) is 2.31. The Hall–Kier alpha value is -1.83. The third-order valence-electron chi connectivity index (χ3n) is 4.36. The lowest BCUT2D eigenvalue weighted by molar-refractivity contribution is 0.0971. The molecule has 20 heavy (non-hydrogen) atoms. The first-order chi connectivity index (χ1) is 9.66. The second-order valence-corrected chi connectivity index (χ2v) is 5.85. The summed E-state index contributed by atoms with van der Waals surface area (Å²) in [6.45, 7) is 5.33. The fourth-order valence-electron chi connectivity index (χ4n) is 3.21. The van der Waals surface area contributed by atoms with Gasteiger partial charge in [0.2, 0.25) is 0 Å². The van der Waals surface area contributed by atoms with Crippen molar-refractivity contribution >= 4 is 5.78 Å². The highest BCUT2D eigenvalue weighted by atomic mass is 16.1. The number of ketones is 1. The van der Waals surface area contributed by atoms with Gasteiger partial charge in [0.15, 0.2) is 5.78 Å². The minimum atomic E-state index is 0.320. The molecular formula is C18H21NO. The Morgan fingerprint density at radius 1 is 1.20 bits per heavy atom. The smallest absolute Gasteiger partial charge is 0.164 e. The lowest BCUT2D eigenvalue weighted by Gasteiger charge is -2.19. The summed E-state index contributed by atoms with van der Waals surface area (Å²) in [4.78, 5) is 12.0. The summed E-state index contributed by atoms with van der Waals surface area (Å²) in [5.74, 6) is 0.781. The van der Waals surface area contributed by atoms with Gasteiger partial charge >= 0.3 is 0 Å². The zero-order valence-electron chi connectivity index (χ0n) is 12.2. The van der Waals surface area contributed by atoms with Gasteiger partial charge in [-0.15, -0.1) is 0 Å². The second-order valence-electron chi connectivity index (χ2n) is 5.85. The van der Waals surface area contributed by atoms with Crippen LogP contribution in [0.25, 0.3) is 0 Å². The predicted octanol–water partition coefficient (Wildman–Crippen LogP) is 4.12. The highest BCUT2D eigenvalue weighted by Gasteiger charge is 2.23. The molecule has 0 fully saturated rings. The number of Topliss-reactive ketones (excluding diaryl/α,β-unsaturated/α-hetero) is 1. The molecule has 2 aromatic rings. The van der Waals surface area contributed by atoms with Gasteiger partial charge in [0.1, 0.15) is 0 Å². The van der Waals surface area contributed by atoms with Gasteiger partial charge in [-0.05, 0) is 37.3 Å². The van der Waals surface area contributed by atoms with Gasteiger partial charge in [0.25, 0.3) is 0 Å². The molecule has 2 heteroatoms. The van der Waals surface area contributed by atoms with E-state index in [2.05, 4.69) is 54.8 Å². The molecule has 0 amide bonds. The summed E-state index contributed by atoms with van der Waals surface area (Å²) < 4.78 is 2.35. The molecule has 0 radical (unpaired) electrons. The number of fused-ring (bicyclic) bond motifs is 1. The fourth-order valence-corrected chi connectivity index (χ4v) is 3.21. The van der Waals surface area contributed by atoms with Crippen molar-refractivity contribution in [3.05, 3.63) is 58.9 Å². The maximum Gasteiger partial charge on any atom is 0.164 e. The number of carbonyl (C=O) groups is 1. The summed E-state index contributed by atoms with van der Waals surface area (Å²) in [6.07, 6.45) is 2.75. The average Bonchev–Trinajstić information content (AvgIpc) is 2.78. The van der Waals surface area contributed by atoms with E-state index < -0.39 is 0 Å². The Labute approximate surface area is 120 Å². The molecule has 1 aromatic carbocycles. The van der Waals surface area contributed by atoms with Crippen molar-refractivity contribution in [2.24, 2.45) is 0 Å². The molecule has 0 saturated carbocycles. The first-order valence-electron chi connectivity index (χ1n) is 7.44. The van der Waals surface area contributed by atoms with Gasteiger partial charge < -0.3 is 4.57 Å². The molecule has 0 saturated heterocycles. The largest absolute Gasteiger partial charge is 0.348 e. The molecular weight excluding hydrogens is 246 g/mol. The quantitative estimate of drug-likeness (QED) is 0.820. The lowest BCUT2D eigenvalue weighted by atomic mass is 9.96. The average molecular weight is 267 g/mol. The van der Waals surface area contributed by atoms with Crippen LogP contribution in [0.3, 0.4) is 0 Å². The highest BCUT2D eigenvalue weighted by Crippen LogP contribution is 2.27. The molecule has 1 aliphatic carbocycles. The van der Waals surface area contributed by atoms with E-state index in [0.29, 0.717) is 18.1 Å². The molecule has 3 rings (SSSR count). The van der Waals surface area contributed by atoms with Crippen LogP contribution in [-0.2, 0) is 13.0 Å². The summed E-state index contributed by atoms with van der Waals surface area (Å²) in [5.41, 5.74) is 4.79. The summed E-state index contributed by atoms with van der Waals surface area (Å²) in [5, 5.41) is 0. The van der Waals surface area contributed by atoms with Crippen molar-refractivity contribution in [1.29, 1.82) is 0 Å². The normalized spacial score (nSPS) is 16.0. The number of aryl methyl sites for hydroxylation is 1. The van der Waals surface area contributed by atoms with Crippen molar-refractivity contribution in [2.45, 2.75) is 45.6 Å². The van der Waals surface area contributed by atoms with Crippen LogP contribution < -0.4 is 0 Å². The van der Waals surface area contributed by atoms with Crippen LogP contribution in [0.5, 0.6) is 0 Å². The van der Waals surface area contributed by atoms with Crippen LogP contribution in [0.2, 0.25) is 0 Å². The Morgan fingerprint density at radius 3 is 2.70 bits per heavy atom. The van der Waals surface area contributed by atoms with Crippen molar-refractivity contribution < 1.29 is 4.79 Å². The summed E-state index contributed by atoms with van der Waals surface area (Å²) in [6, 6.07) is 12.7. The van der Waals surface area contributed by atoms with Gasteiger partial charge in [0.05, 0.1) is 0 Å². The molecule has 1 atom stereocenters. The number of hydrogen-bond acceptors (Lipinski definition) is 1. The minimum Gasteiger partial charge on any atom is -0.348 e. The van der Waals surface area contributed by atoms with E-state index in [1.54, 1.807) is 0 Å². The number of aromatic nitrogens is 1. The number of rotatable bonds is 3. The Kier molecular flexibility index (Phi) is 3.47. The van der Waals surface area contributed by atoms with Crippen LogP contribution in [-0.4, -0.2) is 10.4 Å². The zero-order chi connectivity index (χ0) is 14.1. The standard InChI is InChI=1S/C18H21NO/c1-13(15-7-4-3-5-8-15)12-19-14(2)11-16-17(19)9-6-10-18(16)20/h3-5,7-8,11,13H,6,9-10,12H2,1-2H3. The summed E-state index contributed by atoms with van der Waals surface area (Å²) in [7, 11) is 0. The van der Waals surface area contributed by atoms with Crippen molar-refractivity contribution in [3.8, 4) is 0 Å². The molecule has 0 N–H and O–H groups in total. The van der Waals surface area contributed by atoms with Gasteiger partial charge in [-0.2, -0.15) is 0 Å². The van der Waals surface area contributed by atoms with Crippen LogP contribution in [0.1, 0.15) is 53.0 Å². The van der Waals surface area contributed by atoms with Crippen LogP contribution in [0, 0.1) is 6.92 Å². The monoisotopic (exact) mass is 267 g/mol. The number of hydrogen-bond donors (Lipinski definition) is 0. The molecule has 104 valence electrons. The fraction of sp³-hybridized carbons (Fsp3) is 0.389. The van der Waals surface area contributed by atoms with E-state index >= 15 is 0 Å². The van der Waals surface area contributed by atoms with E-state index in [1.165, 1.54) is 17.0 Å². The minimum absolute atomic E-state index is 0.320. The Balaban J connectivity index is 1.90. The summed E-state index contributed by atoms with van der Waals surface area (Å²) >= 11 is 0. The Bertz CT molecular complexity index is 624. The molecule has 0 aliphatic heterocycles. The number of carbonyl (C=O) groups excluding carboxylic acids is 1. The van der Waals surface area contributed by atoms with Crippen molar-refractivity contribution in [2.75, 3.05) is 0 Å². The zero-order valence-corrected chi connectivity index (χ0v) is 12.2.